The van der Waals surface area contributed by atoms with Crippen molar-refractivity contribution in [3.05, 3.63) is 22.4 Å². The lowest BCUT2D eigenvalue weighted by atomic mass is 9.96. The lowest BCUT2D eigenvalue weighted by Gasteiger charge is -2.22. The molecule has 0 saturated heterocycles. The number of hydrogen-bond donors (Lipinski definition) is 1. The summed E-state index contributed by atoms with van der Waals surface area (Å²) >= 11 is 11.4. The highest BCUT2D eigenvalue weighted by Crippen LogP contribution is 2.24. The fraction of sp³-hybridized carbons (Fsp3) is 0.545. The van der Waals surface area contributed by atoms with Gasteiger partial charge in [0.15, 0.2) is 0 Å². The summed E-state index contributed by atoms with van der Waals surface area (Å²) in [7, 11) is -3.55. The Morgan fingerprint density at radius 1 is 1.22 bits per heavy atom. The Kier molecular flexibility index (Phi) is 4.48. The molecule has 2 rings (SSSR count). The fourth-order valence-electron chi connectivity index (χ4n) is 2.06. The number of nitrogens with one attached hydrogen (secondary N) is 1. The van der Waals surface area contributed by atoms with Gasteiger partial charge in [-0.25, -0.2) is 18.1 Å². The average molecular weight is 309 g/mol. The minimum atomic E-state index is -3.55. The lowest BCUT2D eigenvalue weighted by Crippen LogP contribution is -2.36. The minimum Gasteiger partial charge on any atom is -0.242 e. The minimum absolute atomic E-state index is 0.0122. The molecule has 1 aliphatic carbocycles. The van der Waals surface area contributed by atoms with Gasteiger partial charge >= 0.3 is 0 Å². The molecule has 0 aromatic carbocycles. The van der Waals surface area contributed by atoms with Crippen LogP contribution in [-0.2, 0) is 10.0 Å². The van der Waals surface area contributed by atoms with Crippen molar-refractivity contribution >= 4 is 33.2 Å². The van der Waals surface area contributed by atoms with E-state index in [0.717, 1.165) is 25.7 Å². The first kappa shape index (κ1) is 14.1. The van der Waals surface area contributed by atoms with E-state index in [-0.39, 0.29) is 21.1 Å². The zero-order valence-electron chi connectivity index (χ0n) is 9.70. The first-order chi connectivity index (χ1) is 8.49. The summed E-state index contributed by atoms with van der Waals surface area (Å²) < 4.78 is 26.9. The molecule has 0 spiro atoms. The van der Waals surface area contributed by atoms with Crippen molar-refractivity contribution in [2.24, 2.45) is 0 Å². The van der Waals surface area contributed by atoms with E-state index in [0.29, 0.717) is 0 Å². The highest BCUT2D eigenvalue weighted by Gasteiger charge is 2.22. The monoisotopic (exact) mass is 308 g/mol. The maximum absolute atomic E-state index is 12.1. The Morgan fingerprint density at radius 2 is 1.89 bits per heavy atom. The molecule has 100 valence electrons. The largest absolute Gasteiger partial charge is 0.242 e. The third-order valence-corrected chi connectivity index (χ3v) is 5.18. The highest BCUT2D eigenvalue weighted by atomic mass is 35.5. The van der Waals surface area contributed by atoms with Crippen LogP contribution < -0.4 is 4.72 Å². The van der Waals surface area contributed by atoms with Crippen LogP contribution in [0, 0.1) is 0 Å². The molecule has 1 saturated carbocycles. The number of sulfonamides is 1. The molecule has 1 aromatic heterocycles. The molecular weight excluding hydrogens is 295 g/mol. The predicted molar refractivity (Wildman–Crippen MR) is 71.5 cm³/mol. The summed E-state index contributed by atoms with van der Waals surface area (Å²) in [6, 6.07) is 1.33. The zero-order chi connectivity index (χ0) is 13.2. The van der Waals surface area contributed by atoms with Crippen LogP contribution in [0.15, 0.2) is 17.2 Å². The van der Waals surface area contributed by atoms with Gasteiger partial charge in [-0.3, -0.25) is 0 Å². The summed E-state index contributed by atoms with van der Waals surface area (Å²) in [5, 5.41) is 0.247. The summed E-state index contributed by atoms with van der Waals surface area (Å²) in [4.78, 5) is 3.81. The summed E-state index contributed by atoms with van der Waals surface area (Å²) in [5.41, 5.74) is 0. The maximum Gasteiger partial charge on any atom is 0.242 e. The van der Waals surface area contributed by atoms with Gasteiger partial charge in [0.25, 0.3) is 0 Å². The molecule has 1 aliphatic rings. The second-order valence-electron chi connectivity index (χ2n) is 4.40. The van der Waals surface area contributed by atoms with E-state index >= 15 is 0 Å². The van der Waals surface area contributed by atoms with E-state index in [1.54, 1.807) is 0 Å². The molecule has 1 fully saturated rings. The van der Waals surface area contributed by atoms with Gasteiger partial charge in [0.1, 0.15) is 10.0 Å². The summed E-state index contributed by atoms with van der Waals surface area (Å²) in [6.07, 6.45) is 6.29. The van der Waals surface area contributed by atoms with Gasteiger partial charge < -0.3 is 0 Å². The molecule has 4 nitrogen and oxygen atoms in total. The van der Waals surface area contributed by atoms with E-state index in [1.165, 1.54) is 18.7 Å². The fourth-order valence-corrected chi connectivity index (χ4v) is 3.67. The van der Waals surface area contributed by atoms with Gasteiger partial charge in [-0.15, -0.1) is 0 Å². The van der Waals surface area contributed by atoms with Crippen molar-refractivity contribution in [2.45, 2.75) is 43.0 Å². The van der Waals surface area contributed by atoms with Crippen molar-refractivity contribution in [1.82, 2.24) is 9.71 Å². The molecule has 1 N–H and O–H groups in total. The number of aromatic nitrogens is 1. The van der Waals surface area contributed by atoms with Gasteiger partial charge in [0.2, 0.25) is 10.0 Å². The standard InChI is InChI=1S/C11H14Cl2N2O2S/c12-10-6-9(7-14-11(10)13)18(16,17)15-8-4-2-1-3-5-8/h6-8,15H,1-5H2. The Bertz CT molecular complexity index is 528. The van der Waals surface area contributed by atoms with Gasteiger partial charge in [0, 0.05) is 12.2 Å². The number of halogens is 2. The number of nitrogens with zero attached hydrogens (tertiary/aromatic N) is 1. The molecule has 0 radical (unpaired) electrons. The number of rotatable bonds is 3. The third-order valence-electron chi connectivity index (χ3n) is 3.01. The van der Waals surface area contributed by atoms with Crippen LogP contribution in [-0.4, -0.2) is 19.4 Å². The molecule has 7 heteroatoms. The molecule has 0 bridgehead atoms. The molecular formula is C11H14Cl2N2O2S. The number of hydrogen-bond acceptors (Lipinski definition) is 3. The van der Waals surface area contributed by atoms with Crippen LogP contribution in [0.2, 0.25) is 10.2 Å². The molecule has 1 aromatic rings. The quantitative estimate of drug-likeness (QED) is 0.873. The van der Waals surface area contributed by atoms with Crippen molar-refractivity contribution in [2.75, 3.05) is 0 Å². The van der Waals surface area contributed by atoms with Crippen LogP contribution in [0.3, 0.4) is 0 Å². The first-order valence-electron chi connectivity index (χ1n) is 5.82. The van der Waals surface area contributed by atoms with Gasteiger partial charge in [-0.2, -0.15) is 0 Å². The van der Waals surface area contributed by atoms with Crippen molar-refractivity contribution in [3.8, 4) is 0 Å². The van der Waals surface area contributed by atoms with E-state index in [4.69, 9.17) is 23.2 Å². The van der Waals surface area contributed by atoms with E-state index in [2.05, 4.69) is 9.71 Å². The smallest absolute Gasteiger partial charge is 0.242 e. The van der Waals surface area contributed by atoms with Crippen molar-refractivity contribution < 1.29 is 8.42 Å². The molecule has 0 atom stereocenters. The maximum atomic E-state index is 12.1. The van der Waals surface area contributed by atoms with Crippen molar-refractivity contribution in [3.63, 3.8) is 0 Å². The van der Waals surface area contributed by atoms with Crippen molar-refractivity contribution in [1.29, 1.82) is 0 Å². The highest BCUT2D eigenvalue weighted by molar-refractivity contribution is 7.89. The Hall–Kier alpha value is -0.360. The zero-order valence-corrected chi connectivity index (χ0v) is 12.0. The number of pyridine rings is 1. The first-order valence-corrected chi connectivity index (χ1v) is 8.06. The summed E-state index contributed by atoms with van der Waals surface area (Å²) in [6.45, 7) is 0. The normalized spacial score (nSPS) is 17.9. The van der Waals surface area contributed by atoms with E-state index in [1.807, 2.05) is 0 Å². The molecule has 0 amide bonds. The van der Waals surface area contributed by atoms with Crippen LogP contribution in [0.1, 0.15) is 32.1 Å². The topological polar surface area (TPSA) is 59.1 Å². The van der Waals surface area contributed by atoms with Gasteiger partial charge in [0.05, 0.1) is 5.02 Å². The molecule has 1 heterocycles. The molecule has 18 heavy (non-hydrogen) atoms. The average Bonchev–Trinajstić information content (AvgIpc) is 2.33. The molecule has 0 unspecified atom stereocenters. The summed E-state index contributed by atoms with van der Waals surface area (Å²) in [5.74, 6) is 0. The van der Waals surface area contributed by atoms with Crippen LogP contribution >= 0.6 is 23.2 Å². The van der Waals surface area contributed by atoms with E-state index in [9.17, 15) is 8.42 Å². The molecule has 0 aliphatic heterocycles. The van der Waals surface area contributed by atoms with Gasteiger partial charge in [-0.1, -0.05) is 42.5 Å². The van der Waals surface area contributed by atoms with Gasteiger partial charge in [-0.05, 0) is 18.9 Å². The van der Waals surface area contributed by atoms with Crippen LogP contribution in [0.25, 0.3) is 0 Å². The third kappa shape index (κ3) is 3.35. The Morgan fingerprint density at radius 3 is 2.50 bits per heavy atom. The Balaban J connectivity index is 2.16. The second kappa shape index (κ2) is 5.74. The van der Waals surface area contributed by atoms with E-state index < -0.39 is 10.0 Å². The lowest BCUT2D eigenvalue weighted by molar-refractivity contribution is 0.412. The van der Waals surface area contributed by atoms with Crippen LogP contribution in [0.5, 0.6) is 0 Å². The second-order valence-corrected chi connectivity index (χ2v) is 6.88. The Labute approximate surface area is 117 Å². The predicted octanol–water partition coefficient (Wildman–Crippen LogP) is 3.00. The SMILES string of the molecule is O=S(=O)(NC1CCCCC1)c1cnc(Cl)c(Cl)c1. The van der Waals surface area contributed by atoms with Crippen LogP contribution in [0.4, 0.5) is 0 Å².